The number of carbonyl (C=O) groups is 1. The van der Waals surface area contributed by atoms with Crippen molar-refractivity contribution >= 4 is 5.78 Å². The van der Waals surface area contributed by atoms with Gasteiger partial charge < -0.3 is 5.11 Å². The Hall–Kier alpha value is -0.630. The van der Waals surface area contributed by atoms with Gasteiger partial charge in [-0.3, -0.25) is 4.79 Å². The largest absolute Gasteiger partial charge is 0.393 e. The molecule has 0 aliphatic heterocycles. The molecule has 128 valence electrons. The molecule has 0 spiro atoms. The SMILES string of the molecule is C[C@]12CC[C@H](O)C[C@H]1CCC1=C3CC[C@H](C([14CH3])=O)[C@@]3(C)CC[C@@H]12. The molecule has 4 aliphatic carbocycles. The average Bonchev–Trinajstić information content (AvgIpc) is 2.85. The zero-order chi connectivity index (χ0) is 16.4. The van der Waals surface area contributed by atoms with Crippen LogP contribution in [0.3, 0.4) is 0 Å². The number of hydrogen-bond acceptors (Lipinski definition) is 2. The molecule has 6 atom stereocenters. The molecule has 0 radical (unpaired) electrons. The molecule has 0 amide bonds. The van der Waals surface area contributed by atoms with E-state index in [-0.39, 0.29) is 17.4 Å². The number of hydrogen-bond donors (Lipinski definition) is 1. The number of Topliss-reactive ketones (excluding diaryl/α,β-unsaturated/α-hetero) is 1. The molecule has 0 heterocycles. The standard InChI is InChI=1S/C21H32O2/c1-13(22)17-6-7-18-16-5-4-14-12-15(23)8-10-20(14,2)19(16)9-11-21(17,18)3/h14-15,17,19,23H,4-12H2,1-3H3/t14-,15+,17-,19+,20+,21-/m1/s1/i1+2. The number of aliphatic hydroxyl groups excluding tert-OH is 1. The van der Waals surface area contributed by atoms with Gasteiger partial charge in [-0.2, -0.15) is 0 Å². The third-order valence-electron chi connectivity index (χ3n) is 8.46. The van der Waals surface area contributed by atoms with Crippen LogP contribution < -0.4 is 0 Å². The van der Waals surface area contributed by atoms with Crippen molar-refractivity contribution in [3.05, 3.63) is 11.1 Å². The number of carbonyl (C=O) groups excluding carboxylic acids is 1. The monoisotopic (exact) mass is 318 g/mol. The second-order valence-electron chi connectivity index (χ2n) is 9.38. The van der Waals surface area contributed by atoms with Crippen molar-refractivity contribution in [2.45, 2.75) is 84.7 Å². The van der Waals surface area contributed by atoms with E-state index in [4.69, 9.17) is 0 Å². The Labute approximate surface area is 140 Å². The van der Waals surface area contributed by atoms with Crippen molar-refractivity contribution in [2.24, 2.45) is 28.6 Å². The maximum atomic E-state index is 12.1. The second-order valence-corrected chi connectivity index (χ2v) is 9.38. The van der Waals surface area contributed by atoms with Crippen LogP contribution in [0.2, 0.25) is 0 Å². The van der Waals surface area contributed by atoms with Crippen molar-refractivity contribution in [3.63, 3.8) is 0 Å². The molecule has 4 rings (SSSR count). The molecule has 4 aliphatic rings. The molecule has 0 bridgehead atoms. The summed E-state index contributed by atoms with van der Waals surface area (Å²) in [6.45, 7) is 6.69. The Balaban J connectivity index is 1.72. The van der Waals surface area contributed by atoms with Crippen LogP contribution in [0.15, 0.2) is 11.1 Å². The van der Waals surface area contributed by atoms with Crippen LogP contribution in [-0.2, 0) is 4.79 Å². The minimum absolute atomic E-state index is 0.0651. The van der Waals surface area contributed by atoms with Crippen LogP contribution in [0.25, 0.3) is 0 Å². The lowest BCUT2D eigenvalue weighted by Crippen LogP contribution is -2.48. The number of aliphatic hydroxyl groups is 1. The molecule has 0 saturated heterocycles. The van der Waals surface area contributed by atoms with Gasteiger partial charge in [-0.1, -0.05) is 25.0 Å². The minimum atomic E-state index is -0.0651. The normalized spacial score (nSPS) is 49.4. The van der Waals surface area contributed by atoms with Crippen molar-refractivity contribution in [2.75, 3.05) is 0 Å². The summed E-state index contributed by atoms with van der Waals surface area (Å²) in [6, 6.07) is 0. The van der Waals surface area contributed by atoms with Crippen LogP contribution in [0.4, 0.5) is 0 Å². The Kier molecular flexibility index (Phi) is 3.58. The first kappa shape index (κ1) is 15.9. The fourth-order valence-corrected chi connectivity index (χ4v) is 7.12. The zero-order valence-corrected chi connectivity index (χ0v) is 15.0. The summed E-state index contributed by atoms with van der Waals surface area (Å²) in [7, 11) is 0. The Morgan fingerprint density at radius 3 is 2.65 bits per heavy atom. The van der Waals surface area contributed by atoms with E-state index < -0.39 is 0 Å². The quantitative estimate of drug-likeness (QED) is 0.714. The molecular weight excluding hydrogens is 286 g/mol. The molecule has 23 heavy (non-hydrogen) atoms. The van der Waals surface area contributed by atoms with Gasteiger partial charge >= 0.3 is 0 Å². The lowest BCUT2D eigenvalue weighted by Gasteiger charge is -2.56. The first-order chi connectivity index (χ1) is 10.9. The van der Waals surface area contributed by atoms with Crippen molar-refractivity contribution in [1.29, 1.82) is 0 Å². The highest BCUT2D eigenvalue weighted by Crippen LogP contribution is 2.64. The second kappa shape index (κ2) is 5.18. The van der Waals surface area contributed by atoms with E-state index in [9.17, 15) is 9.90 Å². The van der Waals surface area contributed by atoms with E-state index in [1.165, 1.54) is 32.1 Å². The van der Waals surface area contributed by atoms with Crippen molar-refractivity contribution in [3.8, 4) is 0 Å². The maximum Gasteiger partial charge on any atom is 0.133 e. The maximum absolute atomic E-state index is 12.1. The molecule has 0 aromatic heterocycles. The van der Waals surface area contributed by atoms with Crippen LogP contribution in [0.1, 0.15) is 78.6 Å². The van der Waals surface area contributed by atoms with Gasteiger partial charge in [0.25, 0.3) is 0 Å². The van der Waals surface area contributed by atoms with E-state index in [2.05, 4.69) is 13.8 Å². The third kappa shape index (κ3) is 2.13. The predicted molar refractivity (Wildman–Crippen MR) is 92.0 cm³/mol. The highest BCUT2D eigenvalue weighted by Gasteiger charge is 2.55. The first-order valence-corrected chi connectivity index (χ1v) is 9.77. The number of rotatable bonds is 1. The summed E-state index contributed by atoms with van der Waals surface area (Å²) in [4.78, 5) is 12.1. The molecule has 3 saturated carbocycles. The molecule has 2 heteroatoms. The first-order valence-electron chi connectivity index (χ1n) is 9.77. The fourth-order valence-electron chi connectivity index (χ4n) is 7.12. The predicted octanol–water partition coefficient (Wildman–Crippen LogP) is 4.66. The Morgan fingerprint density at radius 1 is 1.13 bits per heavy atom. The van der Waals surface area contributed by atoms with Crippen LogP contribution in [0, 0.1) is 28.6 Å². The van der Waals surface area contributed by atoms with Gasteiger partial charge in [0.2, 0.25) is 0 Å². The fraction of sp³-hybridized carbons (Fsp3) is 0.857. The number of fused-ring (bicyclic) bond motifs is 4. The highest BCUT2D eigenvalue weighted by atomic mass is 16.3. The lowest BCUT2D eigenvalue weighted by atomic mass is 9.49. The van der Waals surface area contributed by atoms with E-state index >= 15 is 0 Å². The van der Waals surface area contributed by atoms with Gasteiger partial charge in [-0.25, -0.2) is 0 Å². The summed E-state index contributed by atoms with van der Waals surface area (Å²) in [6.07, 6.45) is 10.3. The number of allylic oxidation sites excluding steroid dienone is 2. The van der Waals surface area contributed by atoms with Gasteiger partial charge in [-0.05, 0) is 87.4 Å². The molecule has 0 aromatic rings. The van der Waals surface area contributed by atoms with Gasteiger partial charge in [-0.15, -0.1) is 0 Å². The minimum Gasteiger partial charge on any atom is -0.393 e. The van der Waals surface area contributed by atoms with Gasteiger partial charge in [0.05, 0.1) is 6.10 Å². The van der Waals surface area contributed by atoms with Crippen molar-refractivity contribution < 1.29 is 9.90 Å². The molecule has 2 nitrogen and oxygen atoms in total. The third-order valence-corrected chi connectivity index (χ3v) is 8.46. The van der Waals surface area contributed by atoms with Crippen LogP contribution >= 0.6 is 0 Å². The average molecular weight is 318 g/mol. The smallest absolute Gasteiger partial charge is 0.133 e. The van der Waals surface area contributed by atoms with Crippen LogP contribution in [0.5, 0.6) is 0 Å². The van der Waals surface area contributed by atoms with Crippen LogP contribution in [-0.4, -0.2) is 17.0 Å². The van der Waals surface area contributed by atoms with Gasteiger partial charge in [0, 0.05) is 5.92 Å². The summed E-state index contributed by atoms with van der Waals surface area (Å²) in [5, 5.41) is 10.1. The molecule has 3 fully saturated rings. The summed E-state index contributed by atoms with van der Waals surface area (Å²) in [5.74, 6) is 2.10. The molecule has 0 unspecified atom stereocenters. The van der Waals surface area contributed by atoms with Crippen molar-refractivity contribution in [1.82, 2.24) is 0 Å². The highest BCUT2D eigenvalue weighted by molar-refractivity contribution is 5.80. The van der Waals surface area contributed by atoms with E-state index in [0.29, 0.717) is 17.1 Å². The Morgan fingerprint density at radius 2 is 1.91 bits per heavy atom. The zero-order valence-electron chi connectivity index (χ0n) is 15.0. The van der Waals surface area contributed by atoms with Gasteiger partial charge in [0.1, 0.15) is 5.78 Å². The van der Waals surface area contributed by atoms with E-state index in [0.717, 1.165) is 31.6 Å². The summed E-state index contributed by atoms with van der Waals surface area (Å²) < 4.78 is 0. The topological polar surface area (TPSA) is 37.3 Å². The number of ketones is 1. The lowest BCUT2D eigenvalue weighted by molar-refractivity contribution is -0.123. The molecular formula is C21H32O2. The van der Waals surface area contributed by atoms with E-state index in [1.807, 2.05) is 0 Å². The van der Waals surface area contributed by atoms with E-state index in [1.54, 1.807) is 18.1 Å². The molecule has 0 aromatic carbocycles. The summed E-state index contributed by atoms with van der Waals surface area (Å²) in [5.41, 5.74) is 3.99. The van der Waals surface area contributed by atoms with Gasteiger partial charge in [0.15, 0.2) is 0 Å². The Bertz CT molecular complexity index is 562. The molecule has 1 N–H and O–H groups in total. The summed E-state index contributed by atoms with van der Waals surface area (Å²) >= 11 is 0.